The van der Waals surface area contributed by atoms with Crippen LogP contribution in [0.4, 0.5) is 4.79 Å². The molecule has 3 amide bonds. The van der Waals surface area contributed by atoms with Gasteiger partial charge in [-0.1, -0.05) is 36.8 Å². The largest absolute Gasteiger partial charge is 0.336 e. The van der Waals surface area contributed by atoms with Gasteiger partial charge < -0.3 is 5.32 Å². The number of likely N-dealkylation sites (tertiary alicyclic amines) is 1. The highest BCUT2D eigenvalue weighted by molar-refractivity contribution is 5.96. The lowest BCUT2D eigenvalue weighted by Crippen LogP contribution is -2.48. The van der Waals surface area contributed by atoms with Crippen molar-refractivity contribution in [3.8, 4) is 0 Å². The first kappa shape index (κ1) is 15.0. The Balaban J connectivity index is 1.62. The summed E-state index contributed by atoms with van der Waals surface area (Å²) in [5, 5.41) is 2.69. The van der Waals surface area contributed by atoms with Crippen LogP contribution in [0.15, 0.2) is 30.3 Å². The highest BCUT2D eigenvalue weighted by Gasteiger charge is 2.30. The monoisotopic (exact) mass is 301 g/mol. The van der Waals surface area contributed by atoms with Crippen LogP contribution in [0.1, 0.15) is 24.8 Å². The maximum absolute atomic E-state index is 12.3. The maximum atomic E-state index is 12.3. The Morgan fingerprint density at radius 1 is 1.18 bits per heavy atom. The van der Waals surface area contributed by atoms with Crippen LogP contribution in [0.3, 0.4) is 0 Å². The average molecular weight is 301 g/mol. The van der Waals surface area contributed by atoms with Gasteiger partial charge >= 0.3 is 6.03 Å². The van der Waals surface area contributed by atoms with Crippen LogP contribution in [0.25, 0.3) is 0 Å². The molecule has 1 aromatic rings. The van der Waals surface area contributed by atoms with E-state index in [-0.39, 0.29) is 11.9 Å². The van der Waals surface area contributed by atoms with E-state index in [4.69, 9.17) is 0 Å². The quantitative estimate of drug-likeness (QED) is 0.920. The van der Waals surface area contributed by atoms with Gasteiger partial charge in [0.15, 0.2) is 0 Å². The number of amides is 3. The topological polar surface area (TPSA) is 52.7 Å². The number of hydrogen-bond acceptors (Lipinski definition) is 3. The Labute approximate surface area is 131 Å². The molecule has 1 atom stereocenters. The number of benzene rings is 1. The SMILES string of the molecule is O=C(CN1CCCCC1Cc1ccccc1)N1CCNC1=O. The molecule has 5 heteroatoms. The van der Waals surface area contributed by atoms with Gasteiger partial charge in [0, 0.05) is 19.1 Å². The second kappa shape index (κ2) is 6.92. The number of rotatable bonds is 4. The molecule has 0 radical (unpaired) electrons. The highest BCUT2D eigenvalue weighted by atomic mass is 16.2. The molecule has 3 rings (SSSR count). The van der Waals surface area contributed by atoms with Gasteiger partial charge in [-0.15, -0.1) is 0 Å². The van der Waals surface area contributed by atoms with Crippen LogP contribution in [0.2, 0.25) is 0 Å². The number of hydrogen-bond donors (Lipinski definition) is 1. The van der Waals surface area contributed by atoms with Crippen molar-refractivity contribution in [2.45, 2.75) is 31.7 Å². The fourth-order valence-corrected chi connectivity index (χ4v) is 3.35. The summed E-state index contributed by atoms with van der Waals surface area (Å²) in [7, 11) is 0. The number of nitrogens with one attached hydrogen (secondary N) is 1. The second-order valence-electron chi connectivity index (χ2n) is 6.09. The third-order valence-electron chi connectivity index (χ3n) is 4.56. The molecule has 2 heterocycles. The lowest BCUT2D eigenvalue weighted by Gasteiger charge is -2.36. The van der Waals surface area contributed by atoms with E-state index in [0.29, 0.717) is 25.7 Å². The molecule has 2 saturated heterocycles. The molecule has 0 aromatic heterocycles. The summed E-state index contributed by atoms with van der Waals surface area (Å²) in [5.74, 6) is -0.0741. The van der Waals surface area contributed by atoms with Crippen molar-refractivity contribution in [3.63, 3.8) is 0 Å². The molecule has 0 saturated carbocycles. The van der Waals surface area contributed by atoms with Crippen molar-refractivity contribution in [2.75, 3.05) is 26.2 Å². The molecular weight excluding hydrogens is 278 g/mol. The summed E-state index contributed by atoms with van der Waals surface area (Å²) in [5.41, 5.74) is 1.31. The molecule has 2 aliphatic heterocycles. The van der Waals surface area contributed by atoms with Gasteiger partial charge in [-0.2, -0.15) is 0 Å². The van der Waals surface area contributed by atoms with Gasteiger partial charge in [-0.3, -0.25) is 14.6 Å². The number of nitrogens with zero attached hydrogens (tertiary/aromatic N) is 2. The number of piperidine rings is 1. The molecule has 0 bridgehead atoms. The molecule has 1 unspecified atom stereocenters. The fraction of sp³-hybridized carbons (Fsp3) is 0.529. The smallest absolute Gasteiger partial charge is 0.324 e. The van der Waals surface area contributed by atoms with Crippen LogP contribution in [-0.4, -0.2) is 54.0 Å². The zero-order valence-corrected chi connectivity index (χ0v) is 12.8. The molecule has 0 spiro atoms. The minimum absolute atomic E-state index is 0.0741. The first-order chi connectivity index (χ1) is 10.7. The summed E-state index contributed by atoms with van der Waals surface area (Å²) in [6.07, 6.45) is 4.44. The predicted molar refractivity (Wildman–Crippen MR) is 84.5 cm³/mol. The second-order valence-corrected chi connectivity index (χ2v) is 6.09. The molecule has 5 nitrogen and oxygen atoms in total. The molecule has 0 aliphatic carbocycles. The van der Waals surface area contributed by atoms with Gasteiger partial charge in [0.1, 0.15) is 0 Å². The average Bonchev–Trinajstić information content (AvgIpc) is 2.96. The van der Waals surface area contributed by atoms with E-state index in [1.165, 1.54) is 16.9 Å². The van der Waals surface area contributed by atoms with Gasteiger partial charge in [-0.05, 0) is 31.4 Å². The van der Waals surface area contributed by atoms with Gasteiger partial charge in [-0.25, -0.2) is 4.79 Å². The summed E-state index contributed by atoms with van der Waals surface area (Å²) < 4.78 is 0. The number of urea groups is 1. The number of carbonyl (C=O) groups is 2. The van der Waals surface area contributed by atoms with E-state index in [9.17, 15) is 9.59 Å². The molecule has 1 aromatic carbocycles. The van der Waals surface area contributed by atoms with E-state index < -0.39 is 0 Å². The third-order valence-corrected chi connectivity index (χ3v) is 4.56. The lowest BCUT2D eigenvalue weighted by atomic mass is 9.95. The Bertz CT molecular complexity index is 532. The highest BCUT2D eigenvalue weighted by Crippen LogP contribution is 2.21. The van der Waals surface area contributed by atoms with Crippen molar-refractivity contribution in [3.05, 3.63) is 35.9 Å². The van der Waals surface area contributed by atoms with E-state index in [1.807, 2.05) is 6.07 Å². The van der Waals surface area contributed by atoms with Crippen molar-refractivity contribution in [2.24, 2.45) is 0 Å². The van der Waals surface area contributed by atoms with Crippen LogP contribution >= 0.6 is 0 Å². The molecular formula is C17H23N3O2. The van der Waals surface area contributed by atoms with Crippen molar-refractivity contribution in [1.82, 2.24) is 15.1 Å². The molecule has 2 aliphatic rings. The maximum Gasteiger partial charge on any atom is 0.324 e. The predicted octanol–water partition coefficient (Wildman–Crippen LogP) is 1.64. The van der Waals surface area contributed by atoms with Crippen LogP contribution in [0.5, 0.6) is 0 Å². The Morgan fingerprint density at radius 2 is 2.00 bits per heavy atom. The van der Waals surface area contributed by atoms with Crippen LogP contribution in [-0.2, 0) is 11.2 Å². The number of carbonyl (C=O) groups excluding carboxylic acids is 2. The molecule has 1 N–H and O–H groups in total. The summed E-state index contributed by atoms with van der Waals surface area (Å²) >= 11 is 0. The first-order valence-electron chi connectivity index (χ1n) is 8.10. The first-order valence-corrected chi connectivity index (χ1v) is 8.10. The lowest BCUT2D eigenvalue weighted by molar-refractivity contribution is -0.129. The third kappa shape index (κ3) is 3.47. The van der Waals surface area contributed by atoms with E-state index in [2.05, 4.69) is 34.5 Å². The zero-order chi connectivity index (χ0) is 15.4. The summed E-state index contributed by atoms with van der Waals surface area (Å²) in [6, 6.07) is 10.6. The van der Waals surface area contributed by atoms with Gasteiger partial charge in [0.25, 0.3) is 0 Å². The normalized spacial score (nSPS) is 22.6. The van der Waals surface area contributed by atoms with E-state index in [1.54, 1.807) is 0 Å². The van der Waals surface area contributed by atoms with Crippen molar-refractivity contribution < 1.29 is 9.59 Å². The minimum atomic E-state index is -0.249. The zero-order valence-electron chi connectivity index (χ0n) is 12.8. The van der Waals surface area contributed by atoms with Crippen molar-refractivity contribution in [1.29, 1.82) is 0 Å². The fourth-order valence-electron chi connectivity index (χ4n) is 3.35. The van der Waals surface area contributed by atoms with Gasteiger partial charge in [0.05, 0.1) is 6.54 Å². The Morgan fingerprint density at radius 3 is 2.73 bits per heavy atom. The summed E-state index contributed by atoms with van der Waals surface area (Å²) in [6.45, 7) is 2.36. The van der Waals surface area contributed by atoms with Crippen molar-refractivity contribution >= 4 is 11.9 Å². The molecule has 2 fully saturated rings. The van der Waals surface area contributed by atoms with Crippen LogP contribution < -0.4 is 5.32 Å². The Hall–Kier alpha value is -1.88. The standard InChI is InChI=1S/C17H23N3O2/c21-16(20-11-9-18-17(20)22)13-19-10-5-4-8-15(19)12-14-6-2-1-3-7-14/h1-3,6-7,15H,4-5,8-13H2,(H,18,22). The summed E-state index contributed by atoms with van der Waals surface area (Å²) in [4.78, 5) is 27.5. The van der Waals surface area contributed by atoms with E-state index in [0.717, 1.165) is 25.8 Å². The van der Waals surface area contributed by atoms with E-state index >= 15 is 0 Å². The number of imide groups is 1. The van der Waals surface area contributed by atoms with Crippen LogP contribution in [0, 0.1) is 0 Å². The van der Waals surface area contributed by atoms with Gasteiger partial charge in [0.2, 0.25) is 5.91 Å². The Kier molecular flexibility index (Phi) is 4.73. The molecule has 118 valence electrons. The molecule has 22 heavy (non-hydrogen) atoms. The minimum Gasteiger partial charge on any atom is -0.336 e.